The molecule has 0 aliphatic rings. The number of halogens is 2. The van der Waals surface area contributed by atoms with Crippen molar-refractivity contribution in [3.05, 3.63) is 33.3 Å². The molecule has 1 aromatic carbocycles. The molecule has 2 nitrogen and oxygen atoms in total. The number of hydrogen-bond acceptors (Lipinski definition) is 2. The predicted molar refractivity (Wildman–Crippen MR) is 81.1 cm³/mol. The Balaban J connectivity index is 2.47. The second-order valence-electron chi connectivity index (χ2n) is 4.63. The van der Waals surface area contributed by atoms with Gasteiger partial charge in [0.05, 0.1) is 6.10 Å². The summed E-state index contributed by atoms with van der Waals surface area (Å²) in [5.41, 5.74) is 0.809. The van der Waals surface area contributed by atoms with Gasteiger partial charge in [-0.25, -0.2) is 0 Å². The van der Waals surface area contributed by atoms with E-state index < -0.39 is 6.10 Å². The van der Waals surface area contributed by atoms with Crippen LogP contribution in [0.4, 0.5) is 0 Å². The van der Waals surface area contributed by atoms with Crippen molar-refractivity contribution in [2.75, 3.05) is 20.1 Å². The largest absolute Gasteiger partial charge is 0.388 e. The molecular weight excluding hydrogens is 314 g/mol. The van der Waals surface area contributed by atoms with E-state index in [1.165, 1.54) is 12.8 Å². The van der Waals surface area contributed by atoms with Crippen molar-refractivity contribution in [2.45, 2.75) is 32.3 Å². The first-order valence-electron chi connectivity index (χ1n) is 6.36. The Morgan fingerprint density at radius 1 is 1.39 bits per heavy atom. The Labute approximate surface area is 123 Å². The van der Waals surface area contributed by atoms with Gasteiger partial charge >= 0.3 is 0 Å². The maximum atomic E-state index is 10.1. The topological polar surface area (TPSA) is 23.5 Å². The van der Waals surface area contributed by atoms with Crippen molar-refractivity contribution < 1.29 is 5.11 Å². The predicted octanol–water partition coefficient (Wildman–Crippen LogP) is 4.26. The van der Waals surface area contributed by atoms with Crippen molar-refractivity contribution in [1.82, 2.24) is 4.90 Å². The second kappa shape index (κ2) is 8.16. The minimum Gasteiger partial charge on any atom is -0.388 e. The molecule has 0 aliphatic heterocycles. The highest BCUT2D eigenvalue weighted by molar-refractivity contribution is 9.10. The summed E-state index contributed by atoms with van der Waals surface area (Å²) in [5.74, 6) is 0. The summed E-state index contributed by atoms with van der Waals surface area (Å²) in [6.07, 6.45) is 2.62. The van der Waals surface area contributed by atoms with E-state index in [0.717, 1.165) is 23.1 Å². The van der Waals surface area contributed by atoms with E-state index in [9.17, 15) is 5.11 Å². The lowest BCUT2D eigenvalue weighted by Gasteiger charge is -2.19. The van der Waals surface area contributed by atoms with Crippen LogP contribution in [-0.2, 0) is 0 Å². The molecule has 0 amide bonds. The molecule has 0 aromatic heterocycles. The zero-order chi connectivity index (χ0) is 13.5. The molecule has 1 unspecified atom stereocenters. The standard InChI is InChI=1S/C14H21BrClNO/c1-3-4-8-17(2)9-7-14(18)12-6-5-11(15)10-13(12)16/h5-6,10,14,18H,3-4,7-9H2,1-2H3. The number of nitrogens with zero attached hydrogens (tertiary/aromatic N) is 1. The van der Waals surface area contributed by atoms with Crippen molar-refractivity contribution in [2.24, 2.45) is 0 Å². The Hall–Kier alpha value is -0.0900. The van der Waals surface area contributed by atoms with Crippen LogP contribution in [0.1, 0.15) is 37.9 Å². The van der Waals surface area contributed by atoms with Crippen LogP contribution in [0.5, 0.6) is 0 Å². The molecule has 0 saturated heterocycles. The lowest BCUT2D eigenvalue weighted by molar-refractivity contribution is 0.149. The van der Waals surface area contributed by atoms with Crippen LogP contribution < -0.4 is 0 Å². The third-order valence-electron chi connectivity index (χ3n) is 3.00. The summed E-state index contributed by atoms with van der Waals surface area (Å²) < 4.78 is 0.934. The van der Waals surface area contributed by atoms with Crippen LogP contribution in [0, 0.1) is 0 Å². The normalized spacial score (nSPS) is 13.0. The van der Waals surface area contributed by atoms with Crippen molar-refractivity contribution in [3.8, 4) is 0 Å². The molecule has 0 heterocycles. The van der Waals surface area contributed by atoms with Crippen LogP contribution in [0.3, 0.4) is 0 Å². The molecule has 1 atom stereocenters. The quantitative estimate of drug-likeness (QED) is 0.805. The Morgan fingerprint density at radius 2 is 2.11 bits per heavy atom. The van der Waals surface area contributed by atoms with Gasteiger partial charge in [-0.1, -0.05) is 46.9 Å². The van der Waals surface area contributed by atoms with Crippen molar-refractivity contribution in [1.29, 1.82) is 0 Å². The second-order valence-corrected chi connectivity index (χ2v) is 5.95. The highest BCUT2D eigenvalue weighted by Gasteiger charge is 2.12. The smallest absolute Gasteiger partial charge is 0.0816 e. The van der Waals surface area contributed by atoms with Crippen molar-refractivity contribution >= 4 is 27.5 Å². The summed E-state index contributed by atoms with van der Waals surface area (Å²) in [7, 11) is 2.09. The van der Waals surface area contributed by atoms with Crippen molar-refractivity contribution in [3.63, 3.8) is 0 Å². The van der Waals surface area contributed by atoms with E-state index in [1.807, 2.05) is 18.2 Å². The summed E-state index contributed by atoms with van der Waals surface area (Å²) in [6, 6.07) is 5.61. The maximum absolute atomic E-state index is 10.1. The number of aliphatic hydroxyl groups is 1. The molecule has 1 N–H and O–H groups in total. The molecule has 0 radical (unpaired) electrons. The number of aliphatic hydroxyl groups excluding tert-OH is 1. The minimum absolute atomic E-state index is 0.491. The Kier molecular flexibility index (Phi) is 7.23. The van der Waals surface area contributed by atoms with Gasteiger partial charge in [0.25, 0.3) is 0 Å². The van der Waals surface area contributed by atoms with Crippen LogP contribution in [0.25, 0.3) is 0 Å². The third kappa shape index (κ3) is 5.27. The van der Waals surface area contributed by atoms with Gasteiger partial charge in [-0.2, -0.15) is 0 Å². The van der Waals surface area contributed by atoms with Crippen LogP contribution in [-0.4, -0.2) is 30.1 Å². The fourth-order valence-electron chi connectivity index (χ4n) is 1.81. The first-order chi connectivity index (χ1) is 8.54. The first-order valence-corrected chi connectivity index (χ1v) is 7.53. The van der Waals surface area contributed by atoms with Crippen LogP contribution in [0.2, 0.25) is 5.02 Å². The van der Waals surface area contributed by atoms with E-state index in [4.69, 9.17) is 11.6 Å². The molecule has 4 heteroatoms. The summed E-state index contributed by atoms with van der Waals surface area (Å²) in [4.78, 5) is 2.25. The van der Waals surface area contributed by atoms with Gasteiger partial charge in [0, 0.05) is 16.0 Å². The average Bonchev–Trinajstić information content (AvgIpc) is 2.33. The monoisotopic (exact) mass is 333 g/mol. The van der Waals surface area contributed by atoms with Gasteiger partial charge in [0.1, 0.15) is 0 Å². The number of benzene rings is 1. The molecule has 0 aliphatic carbocycles. The SMILES string of the molecule is CCCCN(C)CCC(O)c1ccc(Br)cc1Cl. The molecule has 18 heavy (non-hydrogen) atoms. The molecule has 0 saturated carbocycles. The third-order valence-corrected chi connectivity index (χ3v) is 3.82. The minimum atomic E-state index is -0.491. The molecule has 0 fully saturated rings. The maximum Gasteiger partial charge on any atom is 0.0816 e. The molecule has 102 valence electrons. The van der Waals surface area contributed by atoms with Gasteiger partial charge < -0.3 is 10.0 Å². The molecule has 1 rings (SSSR count). The number of hydrogen-bond donors (Lipinski definition) is 1. The number of unbranched alkanes of at least 4 members (excludes halogenated alkanes) is 1. The highest BCUT2D eigenvalue weighted by Crippen LogP contribution is 2.28. The highest BCUT2D eigenvalue weighted by atomic mass is 79.9. The van der Waals surface area contributed by atoms with E-state index in [1.54, 1.807) is 0 Å². The zero-order valence-electron chi connectivity index (χ0n) is 11.0. The lowest BCUT2D eigenvalue weighted by Crippen LogP contribution is -2.22. The van der Waals surface area contributed by atoms with Gasteiger partial charge in [-0.3, -0.25) is 0 Å². The van der Waals surface area contributed by atoms with Gasteiger partial charge in [0.15, 0.2) is 0 Å². The van der Waals surface area contributed by atoms with Gasteiger partial charge in [-0.05, 0) is 44.1 Å². The summed E-state index contributed by atoms with van der Waals surface area (Å²) in [6.45, 7) is 4.15. The van der Waals surface area contributed by atoms with E-state index in [0.29, 0.717) is 11.4 Å². The van der Waals surface area contributed by atoms with Gasteiger partial charge in [0.2, 0.25) is 0 Å². The van der Waals surface area contributed by atoms with E-state index in [2.05, 4.69) is 34.8 Å². The first kappa shape index (κ1) is 16.0. The summed E-state index contributed by atoms with van der Waals surface area (Å²) in [5, 5.41) is 10.8. The summed E-state index contributed by atoms with van der Waals surface area (Å²) >= 11 is 9.48. The Morgan fingerprint density at radius 3 is 2.72 bits per heavy atom. The number of rotatable bonds is 7. The Bertz CT molecular complexity index is 373. The van der Waals surface area contributed by atoms with Gasteiger partial charge in [-0.15, -0.1) is 0 Å². The molecule has 1 aromatic rings. The molecule has 0 bridgehead atoms. The molecule has 0 spiro atoms. The van der Waals surface area contributed by atoms with E-state index >= 15 is 0 Å². The van der Waals surface area contributed by atoms with Crippen LogP contribution in [0.15, 0.2) is 22.7 Å². The van der Waals surface area contributed by atoms with E-state index in [-0.39, 0.29) is 0 Å². The average molecular weight is 335 g/mol. The zero-order valence-corrected chi connectivity index (χ0v) is 13.3. The fourth-order valence-corrected chi connectivity index (χ4v) is 2.61. The lowest BCUT2D eigenvalue weighted by atomic mass is 10.1. The fraction of sp³-hybridized carbons (Fsp3) is 0.571. The van der Waals surface area contributed by atoms with Crippen LogP contribution >= 0.6 is 27.5 Å². The molecular formula is C14H21BrClNO.